The summed E-state index contributed by atoms with van der Waals surface area (Å²) in [5, 5.41) is 9.51. The van der Waals surface area contributed by atoms with E-state index in [-0.39, 0.29) is 12.0 Å². The van der Waals surface area contributed by atoms with Gasteiger partial charge in [0.2, 0.25) is 0 Å². The third-order valence-electron chi connectivity index (χ3n) is 4.42. The van der Waals surface area contributed by atoms with E-state index >= 15 is 0 Å². The molecule has 1 fully saturated rings. The maximum absolute atomic E-state index is 9.51. The second-order valence-corrected chi connectivity index (χ2v) is 6.46. The molecule has 0 aromatic heterocycles. The first-order valence-electron chi connectivity index (χ1n) is 7.09. The van der Waals surface area contributed by atoms with Crippen LogP contribution in [-0.2, 0) is 5.41 Å². The highest BCUT2D eigenvalue weighted by Crippen LogP contribution is 2.35. The number of hydrogen-bond donors (Lipinski definition) is 2. The van der Waals surface area contributed by atoms with Crippen LogP contribution in [0.1, 0.15) is 37.4 Å². The number of likely N-dealkylation sites (tertiary alicyclic amines) is 1. The molecule has 0 spiro atoms. The Hall–Kier alpha value is -0.900. The molecule has 3 nitrogen and oxygen atoms in total. The van der Waals surface area contributed by atoms with Crippen LogP contribution in [0.5, 0.6) is 0 Å². The lowest BCUT2D eigenvalue weighted by Gasteiger charge is -2.25. The molecule has 0 bridgehead atoms. The summed E-state index contributed by atoms with van der Waals surface area (Å²) in [6, 6.07) is 9.11. The Morgan fingerprint density at radius 1 is 1.42 bits per heavy atom. The van der Waals surface area contributed by atoms with Gasteiger partial charge in [0.05, 0.1) is 6.61 Å². The lowest BCUT2D eigenvalue weighted by Crippen LogP contribution is -2.23. The van der Waals surface area contributed by atoms with Crippen molar-refractivity contribution < 1.29 is 5.11 Å². The fourth-order valence-corrected chi connectivity index (χ4v) is 2.92. The van der Waals surface area contributed by atoms with Crippen LogP contribution >= 0.6 is 0 Å². The maximum Gasteiger partial charge on any atom is 0.0522 e. The van der Waals surface area contributed by atoms with Gasteiger partial charge < -0.3 is 10.8 Å². The van der Waals surface area contributed by atoms with Crippen molar-refractivity contribution in [1.29, 1.82) is 0 Å². The Labute approximate surface area is 116 Å². The van der Waals surface area contributed by atoms with Crippen molar-refractivity contribution in [2.45, 2.75) is 31.7 Å². The molecule has 1 heterocycles. The molecule has 0 aliphatic carbocycles. The number of aliphatic hydroxyl groups excluding tert-OH is 1. The first kappa shape index (κ1) is 14.5. The monoisotopic (exact) mass is 262 g/mol. The molecule has 3 N–H and O–H groups in total. The summed E-state index contributed by atoms with van der Waals surface area (Å²) < 4.78 is 0. The van der Waals surface area contributed by atoms with Crippen LogP contribution in [0.3, 0.4) is 0 Å². The van der Waals surface area contributed by atoms with E-state index in [1.54, 1.807) is 0 Å². The molecule has 1 aliphatic rings. The number of rotatable bonds is 4. The minimum atomic E-state index is -0.180. The van der Waals surface area contributed by atoms with Crippen molar-refractivity contribution >= 4 is 0 Å². The number of nitrogens with two attached hydrogens (primary N) is 1. The zero-order valence-corrected chi connectivity index (χ0v) is 12.3. The normalized spacial score (nSPS) is 24.9. The number of benzene rings is 1. The molecule has 106 valence electrons. The van der Waals surface area contributed by atoms with E-state index in [2.05, 4.69) is 50.1 Å². The third kappa shape index (κ3) is 2.99. The molecule has 2 atom stereocenters. The summed E-state index contributed by atoms with van der Waals surface area (Å²) in [5.41, 5.74) is 8.17. The third-order valence-corrected chi connectivity index (χ3v) is 4.42. The molecule has 1 aliphatic heterocycles. The van der Waals surface area contributed by atoms with E-state index in [1.165, 1.54) is 11.1 Å². The highest BCUT2D eigenvalue weighted by molar-refractivity contribution is 5.31. The highest BCUT2D eigenvalue weighted by atomic mass is 16.3. The van der Waals surface area contributed by atoms with Gasteiger partial charge in [0.15, 0.2) is 0 Å². The van der Waals surface area contributed by atoms with E-state index in [0.29, 0.717) is 12.0 Å². The average molecular weight is 262 g/mol. The Morgan fingerprint density at radius 2 is 2.16 bits per heavy atom. The topological polar surface area (TPSA) is 49.5 Å². The van der Waals surface area contributed by atoms with Crippen molar-refractivity contribution in [3.8, 4) is 0 Å². The number of aliphatic hydroxyl groups is 1. The number of nitrogens with zero attached hydrogens (tertiary/aromatic N) is 1. The largest absolute Gasteiger partial charge is 0.395 e. The molecular formula is C16H26N2O. The van der Waals surface area contributed by atoms with Gasteiger partial charge in [-0.05, 0) is 37.1 Å². The van der Waals surface area contributed by atoms with Crippen molar-refractivity contribution in [2.24, 2.45) is 11.7 Å². The first-order chi connectivity index (χ1) is 8.97. The van der Waals surface area contributed by atoms with Crippen LogP contribution in [0.2, 0.25) is 0 Å². The summed E-state index contributed by atoms with van der Waals surface area (Å²) in [4.78, 5) is 2.39. The minimum absolute atomic E-state index is 0.169. The van der Waals surface area contributed by atoms with E-state index in [1.807, 2.05) is 0 Å². The van der Waals surface area contributed by atoms with Gasteiger partial charge in [0.25, 0.3) is 0 Å². The van der Waals surface area contributed by atoms with Gasteiger partial charge in [-0.25, -0.2) is 0 Å². The van der Waals surface area contributed by atoms with E-state index < -0.39 is 0 Å². The lowest BCUT2D eigenvalue weighted by molar-refractivity contribution is 0.218. The Morgan fingerprint density at radius 3 is 2.74 bits per heavy atom. The Balaban J connectivity index is 2.24. The van der Waals surface area contributed by atoms with Gasteiger partial charge in [-0.15, -0.1) is 0 Å². The lowest BCUT2D eigenvalue weighted by atomic mass is 9.84. The van der Waals surface area contributed by atoms with E-state index in [4.69, 9.17) is 5.73 Å². The van der Waals surface area contributed by atoms with Crippen LogP contribution in [0.15, 0.2) is 24.3 Å². The summed E-state index contributed by atoms with van der Waals surface area (Å²) in [5.74, 6) is 0.601. The van der Waals surface area contributed by atoms with Crippen molar-refractivity contribution in [3.63, 3.8) is 0 Å². The van der Waals surface area contributed by atoms with Gasteiger partial charge >= 0.3 is 0 Å². The van der Waals surface area contributed by atoms with Gasteiger partial charge in [-0.1, -0.05) is 38.1 Å². The predicted molar refractivity (Wildman–Crippen MR) is 79.1 cm³/mol. The summed E-state index contributed by atoms with van der Waals surface area (Å²) >= 11 is 0. The van der Waals surface area contributed by atoms with Crippen LogP contribution in [0.4, 0.5) is 0 Å². The van der Waals surface area contributed by atoms with Crippen LogP contribution in [0.25, 0.3) is 0 Å². The van der Waals surface area contributed by atoms with Crippen molar-refractivity contribution in [3.05, 3.63) is 35.4 Å². The van der Waals surface area contributed by atoms with Gasteiger partial charge in [-0.3, -0.25) is 4.90 Å². The molecule has 3 heteroatoms. The van der Waals surface area contributed by atoms with E-state index in [9.17, 15) is 5.11 Å². The molecule has 1 aromatic rings. The smallest absolute Gasteiger partial charge is 0.0522 e. The molecular weight excluding hydrogens is 236 g/mol. The van der Waals surface area contributed by atoms with E-state index in [0.717, 1.165) is 19.5 Å². The Bertz CT molecular complexity index is 431. The number of hydrogen-bond acceptors (Lipinski definition) is 3. The molecule has 0 saturated carbocycles. The zero-order valence-electron chi connectivity index (χ0n) is 12.3. The van der Waals surface area contributed by atoms with Gasteiger partial charge in [0.1, 0.15) is 0 Å². The van der Waals surface area contributed by atoms with Crippen molar-refractivity contribution in [1.82, 2.24) is 4.90 Å². The van der Waals surface area contributed by atoms with Gasteiger partial charge in [-0.2, -0.15) is 0 Å². The Kier molecular flexibility index (Phi) is 4.29. The second-order valence-electron chi connectivity index (χ2n) is 6.46. The first-order valence-corrected chi connectivity index (χ1v) is 7.09. The predicted octanol–water partition coefficient (Wildman–Crippen LogP) is 1.91. The summed E-state index contributed by atoms with van der Waals surface area (Å²) in [7, 11) is 2.17. The minimum Gasteiger partial charge on any atom is -0.395 e. The standard InChI is InChI=1S/C16H26N2O/c1-16(2,11-19)14-6-4-5-13(8-14)15-7-12(9-17)10-18(15)3/h4-6,8,12,15,19H,7,9-11,17H2,1-3H3. The maximum atomic E-state index is 9.51. The van der Waals surface area contributed by atoms with Crippen molar-refractivity contribution in [2.75, 3.05) is 26.7 Å². The molecule has 19 heavy (non-hydrogen) atoms. The second kappa shape index (κ2) is 5.61. The fourth-order valence-electron chi connectivity index (χ4n) is 2.92. The highest BCUT2D eigenvalue weighted by Gasteiger charge is 2.30. The molecule has 0 radical (unpaired) electrons. The summed E-state index contributed by atoms with van der Waals surface area (Å²) in [6.07, 6.45) is 1.13. The molecule has 0 amide bonds. The molecule has 2 unspecified atom stereocenters. The summed E-state index contributed by atoms with van der Waals surface area (Å²) in [6.45, 7) is 6.17. The molecule has 2 rings (SSSR count). The zero-order chi connectivity index (χ0) is 14.0. The van der Waals surface area contributed by atoms with Crippen LogP contribution in [-0.4, -0.2) is 36.8 Å². The quantitative estimate of drug-likeness (QED) is 0.871. The SMILES string of the molecule is CN1CC(CN)CC1c1cccc(C(C)(C)CO)c1. The average Bonchev–Trinajstić information content (AvgIpc) is 2.80. The van der Waals surface area contributed by atoms with Crippen LogP contribution in [0, 0.1) is 5.92 Å². The fraction of sp³-hybridized carbons (Fsp3) is 0.625. The van der Waals surface area contributed by atoms with Gasteiger partial charge in [0, 0.05) is 18.0 Å². The molecule has 1 saturated heterocycles. The molecule has 1 aromatic carbocycles. The van der Waals surface area contributed by atoms with Crippen LogP contribution < -0.4 is 5.73 Å².